The van der Waals surface area contributed by atoms with Crippen LogP contribution in [-0.2, 0) is 16.0 Å². The number of amides is 1. The molecule has 27 heavy (non-hydrogen) atoms. The number of aryl methyl sites for hydroxylation is 1. The van der Waals surface area contributed by atoms with Crippen LogP contribution in [0.3, 0.4) is 0 Å². The maximum Gasteiger partial charge on any atom is 0.223 e. The summed E-state index contributed by atoms with van der Waals surface area (Å²) in [5.41, 5.74) is 0.829. The van der Waals surface area contributed by atoms with Crippen LogP contribution < -0.4 is 5.32 Å². The highest BCUT2D eigenvalue weighted by molar-refractivity contribution is 8.00. The van der Waals surface area contributed by atoms with E-state index in [4.69, 9.17) is 4.42 Å². The molecule has 0 saturated carbocycles. The first-order valence-electron chi connectivity index (χ1n) is 9.44. The zero-order valence-corrected chi connectivity index (χ0v) is 15.9. The summed E-state index contributed by atoms with van der Waals surface area (Å²) in [6, 6.07) is 9.20. The van der Waals surface area contributed by atoms with Crippen molar-refractivity contribution >= 4 is 34.4 Å². The number of nitrogens with one attached hydrogen (secondary N) is 1. The summed E-state index contributed by atoms with van der Waals surface area (Å²) in [7, 11) is 0. The summed E-state index contributed by atoms with van der Waals surface area (Å²) >= 11 is 1.52. The number of hydrogen-bond donors (Lipinski definition) is 2. The molecular formula is C20H24N2O4S. The van der Waals surface area contributed by atoms with Crippen molar-refractivity contribution in [1.29, 1.82) is 0 Å². The Morgan fingerprint density at radius 1 is 1.33 bits per heavy atom. The molecule has 6 nitrogen and oxygen atoms in total. The number of aliphatic hydroxyl groups is 1. The predicted molar refractivity (Wildman–Crippen MR) is 105 cm³/mol. The molecule has 1 amide bonds. The average Bonchev–Trinajstić information content (AvgIpc) is 3.43. The molecule has 4 rings (SSSR count). The molecule has 1 aromatic heterocycles. The van der Waals surface area contributed by atoms with Crippen LogP contribution in [0.1, 0.15) is 25.0 Å². The molecule has 2 N–H and O–H groups in total. The first kappa shape index (κ1) is 18.5. The molecule has 3 heterocycles. The Balaban J connectivity index is 1.39. The van der Waals surface area contributed by atoms with Gasteiger partial charge in [-0.2, -0.15) is 0 Å². The fourth-order valence-electron chi connectivity index (χ4n) is 3.99. The van der Waals surface area contributed by atoms with Crippen LogP contribution in [0, 0.1) is 0 Å². The molecular weight excluding hydrogens is 364 g/mol. The second-order valence-electron chi connectivity index (χ2n) is 7.12. The monoisotopic (exact) mass is 388 g/mol. The minimum absolute atomic E-state index is 0.00260. The number of carbonyl (C=O) groups excluding carboxylic acids is 2. The first-order chi connectivity index (χ1) is 13.2. The number of rotatable bonds is 6. The number of furan rings is 1. The van der Waals surface area contributed by atoms with Crippen LogP contribution in [0.2, 0.25) is 0 Å². The normalized spacial score (nSPS) is 25.4. The lowest BCUT2D eigenvalue weighted by molar-refractivity contribution is -0.137. The highest BCUT2D eigenvalue weighted by Crippen LogP contribution is 2.29. The van der Waals surface area contributed by atoms with Crippen molar-refractivity contribution in [2.75, 3.05) is 19.0 Å². The van der Waals surface area contributed by atoms with Gasteiger partial charge in [-0.15, -0.1) is 11.8 Å². The molecule has 7 heteroatoms. The van der Waals surface area contributed by atoms with E-state index in [0.717, 1.165) is 23.2 Å². The molecule has 0 spiro atoms. The number of hydrogen-bond acceptors (Lipinski definition) is 6. The highest BCUT2D eigenvalue weighted by atomic mass is 32.2. The van der Waals surface area contributed by atoms with Gasteiger partial charge in [0.15, 0.2) is 5.78 Å². The standard InChI is InChI=1S/C20H24N2O4S/c23-11-15-20(27-12-21-15)19(25)16-5-3-9-22(16)18(24)8-7-14-10-13-4-1-2-6-17(13)26-14/h1-2,4,6,10,15-16,20-21,23H,3,5,7-9,11-12H2/t15-,16+,20?/m1/s1. The lowest BCUT2D eigenvalue weighted by atomic mass is 10.0. The number of carbonyl (C=O) groups is 2. The van der Waals surface area contributed by atoms with E-state index in [1.165, 1.54) is 11.8 Å². The largest absolute Gasteiger partial charge is 0.461 e. The van der Waals surface area contributed by atoms with Gasteiger partial charge in [-0.05, 0) is 25.0 Å². The van der Waals surface area contributed by atoms with Gasteiger partial charge in [-0.1, -0.05) is 18.2 Å². The molecule has 3 atom stereocenters. The molecule has 1 unspecified atom stereocenters. The number of likely N-dealkylation sites (tertiary alicyclic amines) is 1. The van der Waals surface area contributed by atoms with Gasteiger partial charge in [-0.3, -0.25) is 9.59 Å². The minimum atomic E-state index is -0.361. The van der Waals surface area contributed by atoms with Crippen molar-refractivity contribution in [3.05, 3.63) is 36.1 Å². The lowest BCUT2D eigenvalue weighted by Gasteiger charge is -2.27. The third-order valence-corrected chi connectivity index (χ3v) is 6.67. The van der Waals surface area contributed by atoms with Crippen LogP contribution in [0.4, 0.5) is 0 Å². The van der Waals surface area contributed by atoms with E-state index >= 15 is 0 Å². The first-order valence-corrected chi connectivity index (χ1v) is 10.5. The molecule has 2 aromatic rings. The van der Waals surface area contributed by atoms with E-state index in [-0.39, 0.29) is 35.6 Å². The number of benzene rings is 1. The molecule has 0 aliphatic carbocycles. The second-order valence-corrected chi connectivity index (χ2v) is 8.25. The SMILES string of the molecule is O=C(C1SCN[C@@H]1CO)[C@@H]1CCCN1C(=O)CCc1cc2ccccc2o1. The maximum absolute atomic E-state index is 12.9. The fourth-order valence-corrected chi connectivity index (χ4v) is 5.22. The number of fused-ring (bicyclic) bond motifs is 1. The molecule has 0 radical (unpaired) electrons. The topological polar surface area (TPSA) is 82.8 Å². The van der Waals surface area contributed by atoms with Crippen LogP contribution >= 0.6 is 11.8 Å². The zero-order valence-electron chi connectivity index (χ0n) is 15.1. The minimum Gasteiger partial charge on any atom is -0.461 e. The third-order valence-electron chi connectivity index (χ3n) is 5.41. The molecule has 0 bridgehead atoms. The lowest BCUT2D eigenvalue weighted by Crippen LogP contribution is -2.48. The summed E-state index contributed by atoms with van der Waals surface area (Å²) < 4.78 is 5.79. The Hall–Kier alpha value is -1.83. The van der Waals surface area contributed by atoms with Gasteiger partial charge >= 0.3 is 0 Å². The smallest absolute Gasteiger partial charge is 0.223 e. The summed E-state index contributed by atoms with van der Waals surface area (Å²) in [4.78, 5) is 27.4. The molecule has 2 fully saturated rings. The van der Waals surface area contributed by atoms with E-state index in [9.17, 15) is 14.7 Å². The van der Waals surface area contributed by atoms with Gasteiger partial charge in [0.25, 0.3) is 0 Å². The number of para-hydroxylation sites is 1. The van der Waals surface area contributed by atoms with Crippen LogP contribution in [0.5, 0.6) is 0 Å². The predicted octanol–water partition coefficient (Wildman–Crippen LogP) is 1.95. The Kier molecular flexibility index (Phi) is 5.52. The van der Waals surface area contributed by atoms with E-state index in [1.54, 1.807) is 4.90 Å². The van der Waals surface area contributed by atoms with Gasteiger partial charge < -0.3 is 19.7 Å². The Morgan fingerprint density at radius 3 is 3.00 bits per heavy atom. The van der Waals surface area contributed by atoms with Crippen LogP contribution in [0.25, 0.3) is 11.0 Å². The molecule has 2 aliphatic rings. The molecule has 1 aromatic carbocycles. The Morgan fingerprint density at radius 2 is 2.19 bits per heavy atom. The number of aliphatic hydroxyl groups excluding tert-OH is 1. The van der Waals surface area contributed by atoms with Gasteiger partial charge in [0.1, 0.15) is 11.3 Å². The van der Waals surface area contributed by atoms with Crippen molar-refractivity contribution in [2.45, 2.75) is 43.0 Å². The summed E-state index contributed by atoms with van der Waals surface area (Å²) in [5, 5.41) is 13.4. The van der Waals surface area contributed by atoms with E-state index in [1.807, 2.05) is 30.3 Å². The van der Waals surface area contributed by atoms with Crippen LogP contribution in [-0.4, -0.2) is 58.1 Å². The molecule has 144 valence electrons. The second kappa shape index (κ2) is 8.04. The Labute approximate surface area is 162 Å². The number of thioether (sulfide) groups is 1. The zero-order chi connectivity index (χ0) is 18.8. The van der Waals surface area contributed by atoms with Gasteiger partial charge in [0.2, 0.25) is 5.91 Å². The maximum atomic E-state index is 12.9. The van der Waals surface area contributed by atoms with Crippen molar-refractivity contribution in [3.63, 3.8) is 0 Å². The van der Waals surface area contributed by atoms with Crippen molar-refractivity contribution < 1.29 is 19.1 Å². The summed E-state index contributed by atoms with van der Waals surface area (Å²) in [5.74, 6) is 1.53. The molecule has 2 saturated heterocycles. The van der Waals surface area contributed by atoms with E-state index in [2.05, 4.69) is 5.32 Å². The third kappa shape index (κ3) is 3.77. The number of ketones is 1. The number of Topliss-reactive ketones (excluding diaryl/α,β-unsaturated/α-hetero) is 1. The van der Waals surface area contributed by atoms with Gasteiger partial charge in [0, 0.05) is 36.7 Å². The molecule has 2 aliphatic heterocycles. The highest BCUT2D eigenvalue weighted by Gasteiger charge is 2.41. The van der Waals surface area contributed by atoms with E-state index < -0.39 is 0 Å². The van der Waals surface area contributed by atoms with Gasteiger partial charge in [-0.25, -0.2) is 0 Å². The van der Waals surface area contributed by atoms with Crippen molar-refractivity contribution in [3.8, 4) is 0 Å². The van der Waals surface area contributed by atoms with Crippen molar-refractivity contribution in [1.82, 2.24) is 10.2 Å². The average molecular weight is 388 g/mol. The quantitative estimate of drug-likeness (QED) is 0.787. The fraction of sp³-hybridized carbons (Fsp3) is 0.500. The van der Waals surface area contributed by atoms with Crippen molar-refractivity contribution in [2.24, 2.45) is 0 Å². The summed E-state index contributed by atoms with van der Waals surface area (Å²) in [6.45, 7) is 0.570. The Bertz CT molecular complexity index is 803. The van der Waals surface area contributed by atoms with Gasteiger partial charge in [0.05, 0.1) is 17.9 Å². The van der Waals surface area contributed by atoms with Crippen LogP contribution in [0.15, 0.2) is 34.7 Å². The summed E-state index contributed by atoms with van der Waals surface area (Å²) in [6.07, 6.45) is 2.43. The number of nitrogens with zero attached hydrogens (tertiary/aromatic N) is 1. The van der Waals surface area contributed by atoms with E-state index in [0.29, 0.717) is 31.7 Å².